The first-order valence-corrected chi connectivity index (χ1v) is 9.60. The molecule has 3 aromatic rings. The molecule has 0 saturated carbocycles. The van der Waals surface area contributed by atoms with Crippen LogP contribution in [0.25, 0.3) is 10.2 Å². The van der Waals surface area contributed by atoms with Crippen molar-refractivity contribution >= 4 is 50.7 Å². The number of fused-ring (bicyclic) bond motifs is 1. The molecule has 2 aromatic heterocycles. The number of nitrogens with zero attached hydrogens (tertiary/aromatic N) is 2. The van der Waals surface area contributed by atoms with E-state index in [9.17, 15) is 9.59 Å². The highest BCUT2D eigenvalue weighted by atomic mass is 35.5. The number of ether oxygens (including phenoxy) is 1. The van der Waals surface area contributed by atoms with Crippen molar-refractivity contribution in [2.45, 2.75) is 20.0 Å². The predicted molar refractivity (Wildman–Crippen MR) is 108 cm³/mol. The number of rotatable bonds is 5. The van der Waals surface area contributed by atoms with Gasteiger partial charge < -0.3 is 9.72 Å². The Morgan fingerprint density at radius 2 is 1.93 bits per heavy atom. The summed E-state index contributed by atoms with van der Waals surface area (Å²) in [5.74, 6) is 0.0483. The first-order chi connectivity index (χ1) is 12.8. The minimum atomic E-state index is -0.466. The van der Waals surface area contributed by atoms with Gasteiger partial charge in [0.1, 0.15) is 15.5 Å². The molecule has 142 valence electrons. The molecule has 0 aliphatic carbocycles. The summed E-state index contributed by atoms with van der Waals surface area (Å²) in [5.41, 5.74) is 1.28. The smallest absolute Gasteiger partial charge is 0.348 e. The van der Waals surface area contributed by atoms with Crippen LogP contribution in [0.5, 0.6) is 0 Å². The van der Waals surface area contributed by atoms with Gasteiger partial charge >= 0.3 is 5.97 Å². The van der Waals surface area contributed by atoms with Crippen LogP contribution >= 0.6 is 34.5 Å². The van der Waals surface area contributed by atoms with Crippen LogP contribution in [-0.2, 0) is 17.8 Å². The molecule has 27 heavy (non-hydrogen) atoms. The lowest BCUT2D eigenvalue weighted by Gasteiger charge is -2.16. The van der Waals surface area contributed by atoms with Crippen molar-refractivity contribution in [1.29, 1.82) is 0 Å². The van der Waals surface area contributed by atoms with Crippen molar-refractivity contribution < 1.29 is 9.53 Å². The number of aromatic nitrogens is 2. The molecule has 0 saturated heterocycles. The van der Waals surface area contributed by atoms with E-state index in [1.807, 2.05) is 24.1 Å². The molecular weight excluding hydrogens is 409 g/mol. The van der Waals surface area contributed by atoms with Crippen LogP contribution in [0.2, 0.25) is 10.0 Å². The molecule has 0 amide bonds. The highest BCUT2D eigenvalue weighted by molar-refractivity contribution is 7.20. The molecule has 0 fully saturated rings. The number of hydrogen-bond acceptors (Lipinski definition) is 6. The Bertz CT molecular complexity index is 1060. The van der Waals surface area contributed by atoms with E-state index in [1.165, 1.54) is 7.11 Å². The van der Waals surface area contributed by atoms with Gasteiger partial charge in [0.2, 0.25) is 0 Å². The highest BCUT2D eigenvalue weighted by Crippen LogP contribution is 2.27. The number of H-pyrrole nitrogens is 1. The summed E-state index contributed by atoms with van der Waals surface area (Å²) < 4.78 is 4.77. The summed E-state index contributed by atoms with van der Waals surface area (Å²) >= 11 is 13.2. The summed E-state index contributed by atoms with van der Waals surface area (Å²) in [5, 5.41) is 1.57. The third kappa shape index (κ3) is 4.32. The van der Waals surface area contributed by atoms with Gasteiger partial charge in [-0.1, -0.05) is 23.2 Å². The van der Waals surface area contributed by atoms with Gasteiger partial charge in [-0.05, 0) is 43.3 Å². The first kappa shape index (κ1) is 19.8. The van der Waals surface area contributed by atoms with E-state index >= 15 is 0 Å². The number of thiophene rings is 1. The predicted octanol–water partition coefficient (Wildman–Crippen LogP) is 4.02. The number of carbonyl (C=O) groups excluding carboxylic acids is 1. The van der Waals surface area contributed by atoms with Gasteiger partial charge in [-0.2, -0.15) is 0 Å². The molecule has 9 heteroatoms. The highest BCUT2D eigenvalue weighted by Gasteiger charge is 2.20. The fourth-order valence-corrected chi connectivity index (χ4v) is 4.57. The molecule has 0 unspecified atom stereocenters. The van der Waals surface area contributed by atoms with Crippen LogP contribution in [0.1, 0.15) is 26.6 Å². The maximum absolute atomic E-state index is 12.5. The minimum absolute atomic E-state index is 0.266. The van der Waals surface area contributed by atoms with E-state index in [1.54, 1.807) is 13.0 Å². The molecule has 3 rings (SSSR count). The van der Waals surface area contributed by atoms with Gasteiger partial charge in [-0.15, -0.1) is 11.3 Å². The van der Waals surface area contributed by atoms with Crippen molar-refractivity contribution in [2.75, 3.05) is 14.2 Å². The third-order valence-electron chi connectivity index (χ3n) is 4.01. The van der Waals surface area contributed by atoms with Crippen LogP contribution in [-0.4, -0.2) is 35.0 Å². The van der Waals surface area contributed by atoms with Gasteiger partial charge in [0.15, 0.2) is 0 Å². The van der Waals surface area contributed by atoms with Crippen molar-refractivity contribution in [2.24, 2.45) is 0 Å². The van der Waals surface area contributed by atoms with Crippen LogP contribution in [0.4, 0.5) is 0 Å². The van der Waals surface area contributed by atoms with Gasteiger partial charge in [0.25, 0.3) is 5.56 Å². The van der Waals surface area contributed by atoms with Crippen molar-refractivity contribution in [3.8, 4) is 0 Å². The Kier molecular flexibility index (Phi) is 5.86. The molecule has 0 radical (unpaired) electrons. The maximum Gasteiger partial charge on any atom is 0.348 e. The quantitative estimate of drug-likeness (QED) is 0.624. The average molecular weight is 426 g/mol. The molecule has 0 bridgehead atoms. The Morgan fingerprint density at radius 3 is 2.56 bits per heavy atom. The fourth-order valence-electron chi connectivity index (χ4n) is 2.88. The lowest BCUT2D eigenvalue weighted by molar-refractivity contribution is 0.0605. The normalized spacial score (nSPS) is 11.3. The summed E-state index contributed by atoms with van der Waals surface area (Å²) in [6, 6.07) is 5.36. The molecule has 0 aliphatic rings. The summed E-state index contributed by atoms with van der Waals surface area (Å²) in [4.78, 5) is 34.5. The van der Waals surface area contributed by atoms with Gasteiger partial charge in [-0.3, -0.25) is 9.69 Å². The maximum atomic E-state index is 12.5. The molecule has 6 nitrogen and oxygen atoms in total. The number of benzene rings is 1. The lowest BCUT2D eigenvalue weighted by atomic mass is 10.2. The van der Waals surface area contributed by atoms with Crippen molar-refractivity contribution in [3.05, 3.63) is 60.4 Å². The van der Waals surface area contributed by atoms with Gasteiger partial charge in [-0.25, -0.2) is 9.78 Å². The van der Waals surface area contributed by atoms with Gasteiger partial charge in [0, 0.05) is 16.6 Å². The Morgan fingerprint density at radius 1 is 1.26 bits per heavy atom. The molecule has 0 atom stereocenters. The number of aromatic amines is 1. The monoisotopic (exact) mass is 425 g/mol. The number of carbonyl (C=O) groups is 1. The summed E-state index contributed by atoms with van der Waals surface area (Å²) in [6.07, 6.45) is 0. The van der Waals surface area contributed by atoms with E-state index in [0.717, 1.165) is 16.9 Å². The zero-order chi connectivity index (χ0) is 19.7. The van der Waals surface area contributed by atoms with E-state index in [4.69, 9.17) is 27.9 Å². The minimum Gasteiger partial charge on any atom is -0.465 e. The summed E-state index contributed by atoms with van der Waals surface area (Å²) in [7, 11) is 3.21. The SMILES string of the molecule is COC(=O)c1sc2nc(CN(C)Cc3cc(Cl)cc(Cl)c3)[nH]c(=O)c2c1C. The Labute approximate surface area is 169 Å². The van der Waals surface area contributed by atoms with E-state index < -0.39 is 5.97 Å². The molecule has 2 heterocycles. The van der Waals surface area contributed by atoms with Crippen LogP contribution in [0.15, 0.2) is 23.0 Å². The lowest BCUT2D eigenvalue weighted by Crippen LogP contribution is -2.21. The number of esters is 1. The van der Waals surface area contributed by atoms with Crippen LogP contribution in [0.3, 0.4) is 0 Å². The molecule has 1 aromatic carbocycles. The largest absolute Gasteiger partial charge is 0.465 e. The second-order valence-electron chi connectivity index (χ2n) is 6.19. The number of aryl methyl sites for hydroxylation is 1. The van der Waals surface area contributed by atoms with E-state index in [0.29, 0.717) is 49.6 Å². The molecule has 0 spiro atoms. The van der Waals surface area contributed by atoms with Crippen LogP contribution < -0.4 is 5.56 Å². The summed E-state index contributed by atoms with van der Waals surface area (Å²) in [6.45, 7) is 2.72. The Hall–Kier alpha value is -1.93. The molecule has 1 N–H and O–H groups in total. The van der Waals surface area contributed by atoms with Crippen molar-refractivity contribution in [1.82, 2.24) is 14.9 Å². The second-order valence-corrected chi connectivity index (χ2v) is 8.06. The second kappa shape index (κ2) is 7.98. The topological polar surface area (TPSA) is 75.3 Å². The fraction of sp³-hybridized carbons (Fsp3) is 0.278. The van der Waals surface area contributed by atoms with Crippen molar-refractivity contribution in [3.63, 3.8) is 0 Å². The first-order valence-electron chi connectivity index (χ1n) is 8.02. The number of halogens is 2. The molecule has 0 aliphatic heterocycles. The van der Waals surface area contributed by atoms with E-state index in [2.05, 4.69) is 9.97 Å². The molecular formula is C18H17Cl2N3O3S. The average Bonchev–Trinajstić information content (AvgIpc) is 2.90. The Balaban J connectivity index is 1.86. The number of nitrogens with one attached hydrogen (secondary N) is 1. The van der Waals surface area contributed by atoms with Gasteiger partial charge in [0.05, 0.1) is 19.0 Å². The third-order valence-corrected chi connectivity index (χ3v) is 5.62. The standard InChI is InChI=1S/C18H17Cl2N3O3S/c1-9-14-16(24)21-13(22-17(14)27-15(9)18(25)26-3)8-23(2)7-10-4-11(19)6-12(20)5-10/h4-6H,7-8H2,1-3H3,(H,21,22,24). The van der Waals surface area contributed by atoms with E-state index in [-0.39, 0.29) is 5.56 Å². The number of methoxy groups -OCH3 is 1. The van der Waals surface area contributed by atoms with Crippen LogP contribution in [0, 0.1) is 6.92 Å². The zero-order valence-electron chi connectivity index (χ0n) is 14.9. The number of hydrogen-bond donors (Lipinski definition) is 1. The zero-order valence-corrected chi connectivity index (χ0v) is 17.3.